The van der Waals surface area contributed by atoms with E-state index in [2.05, 4.69) is 50.5 Å². The Labute approximate surface area is 123 Å². The molecular weight excluding hydrogens is 310 g/mol. The van der Waals surface area contributed by atoms with E-state index in [1.54, 1.807) is 0 Å². The SMILES string of the molecule is C[C@H](NC(=S)NCCN(C)C)c1ccc(Br)cc1. The molecule has 3 nitrogen and oxygen atoms in total. The van der Waals surface area contributed by atoms with Crippen LogP contribution in [0.4, 0.5) is 0 Å². The maximum Gasteiger partial charge on any atom is 0.166 e. The molecule has 1 aromatic rings. The first-order valence-corrected chi connectivity index (χ1v) is 7.13. The zero-order valence-corrected chi connectivity index (χ0v) is 13.4. The second-order valence-corrected chi connectivity index (χ2v) is 5.80. The highest BCUT2D eigenvalue weighted by molar-refractivity contribution is 9.10. The van der Waals surface area contributed by atoms with Crippen molar-refractivity contribution in [3.8, 4) is 0 Å². The third-order valence-electron chi connectivity index (χ3n) is 2.56. The van der Waals surface area contributed by atoms with E-state index in [0.29, 0.717) is 5.11 Å². The van der Waals surface area contributed by atoms with Crippen LogP contribution >= 0.6 is 28.1 Å². The molecule has 0 heterocycles. The molecule has 0 fully saturated rings. The van der Waals surface area contributed by atoms with Crippen LogP contribution in [-0.2, 0) is 0 Å². The Morgan fingerprint density at radius 1 is 1.33 bits per heavy atom. The van der Waals surface area contributed by atoms with Crippen LogP contribution in [0, 0.1) is 0 Å². The summed E-state index contributed by atoms with van der Waals surface area (Å²) in [7, 11) is 4.09. The van der Waals surface area contributed by atoms with Gasteiger partial charge in [0.2, 0.25) is 0 Å². The third-order valence-corrected chi connectivity index (χ3v) is 3.35. The van der Waals surface area contributed by atoms with E-state index in [4.69, 9.17) is 12.2 Å². The minimum atomic E-state index is 0.206. The number of hydrogen-bond donors (Lipinski definition) is 2. The lowest BCUT2D eigenvalue weighted by Gasteiger charge is -2.18. The monoisotopic (exact) mass is 329 g/mol. The van der Waals surface area contributed by atoms with Gasteiger partial charge in [-0.1, -0.05) is 28.1 Å². The summed E-state index contributed by atoms with van der Waals surface area (Å²) in [4.78, 5) is 2.12. The molecule has 0 saturated carbocycles. The van der Waals surface area contributed by atoms with E-state index in [1.807, 2.05) is 26.2 Å². The Morgan fingerprint density at radius 2 is 1.94 bits per heavy atom. The number of hydrogen-bond acceptors (Lipinski definition) is 2. The highest BCUT2D eigenvalue weighted by Crippen LogP contribution is 2.16. The van der Waals surface area contributed by atoms with Crippen LogP contribution in [0.3, 0.4) is 0 Å². The highest BCUT2D eigenvalue weighted by atomic mass is 79.9. The van der Waals surface area contributed by atoms with E-state index >= 15 is 0 Å². The van der Waals surface area contributed by atoms with Crippen molar-refractivity contribution in [1.82, 2.24) is 15.5 Å². The summed E-state index contributed by atoms with van der Waals surface area (Å²) in [6.07, 6.45) is 0. The number of nitrogens with one attached hydrogen (secondary N) is 2. The molecule has 1 aromatic carbocycles. The van der Waals surface area contributed by atoms with Crippen molar-refractivity contribution in [1.29, 1.82) is 0 Å². The molecule has 0 aromatic heterocycles. The zero-order valence-electron chi connectivity index (χ0n) is 11.0. The quantitative estimate of drug-likeness (QED) is 0.812. The summed E-state index contributed by atoms with van der Waals surface area (Å²) in [6, 6.07) is 8.46. The maximum absolute atomic E-state index is 5.26. The van der Waals surface area contributed by atoms with Crippen molar-refractivity contribution in [3.63, 3.8) is 0 Å². The molecule has 5 heteroatoms. The summed E-state index contributed by atoms with van der Waals surface area (Å²) >= 11 is 8.69. The molecule has 0 aliphatic rings. The van der Waals surface area contributed by atoms with Gasteiger partial charge in [0.25, 0.3) is 0 Å². The third kappa shape index (κ3) is 5.80. The Kier molecular flexibility index (Phi) is 6.60. The van der Waals surface area contributed by atoms with E-state index < -0.39 is 0 Å². The Hall–Kier alpha value is -0.650. The molecule has 0 saturated heterocycles. The number of nitrogens with zero attached hydrogens (tertiary/aromatic N) is 1. The van der Waals surface area contributed by atoms with Gasteiger partial charge in [-0.25, -0.2) is 0 Å². The van der Waals surface area contributed by atoms with Gasteiger partial charge in [-0.15, -0.1) is 0 Å². The topological polar surface area (TPSA) is 27.3 Å². The lowest BCUT2D eigenvalue weighted by molar-refractivity contribution is 0.412. The van der Waals surface area contributed by atoms with E-state index in [9.17, 15) is 0 Å². The van der Waals surface area contributed by atoms with Crippen molar-refractivity contribution < 1.29 is 0 Å². The van der Waals surface area contributed by atoms with Crippen LogP contribution in [0.25, 0.3) is 0 Å². The largest absolute Gasteiger partial charge is 0.361 e. The van der Waals surface area contributed by atoms with Crippen molar-refractivity contribution >= 4 is 33.3 Å². The molecule has 18 heavy (non-hydrogen) atoms. The number of rotatable bonds is 5. The summed E-state index contributed by atoms with van der Waals surface area (Å²) < 4.78 is 1.09. The first kappa shape index (κ1) is 15.4. The Balaban J connectivity index is 2.37. The summed E-state index contributed by atoms with van der Waals surface area (Å²) in [5, 5.41) is 7.17. The molecule has 0 bridgehead atoms. The fraction of sp³-hybridized carbons (Fsp3) is 0.462. The molecule has 1 atom stereocenters. The standard InChI is InChI=1S/C13H20BrN3S/c1-10(11-4-6-12(14)7-5-11)16-13(18)15-8-9-17(2)3/h4-7,10H,8-9H2,1-3H3,(H2,15,16,18)/t10-/m0/s1. The van der Waals surface area contributed by atoms with Gasteiger partial charge in [-0.2, -0.15) is 0 Å². The molecule has 2 N–H and O–H groups in total. The number of halogens is 1. The molecule has 0 aliphatic heterocycles. The second kappa shape index (κ2) is 7.71. The van der Waals surface area contributed by atoms with Gasteiger partial charge in [0.1, 0.15) is 0 Å². The van der Waals surface area contributed by atoms with Crippen LogP contribution in [0.1, 0.15) is 18.5 Å². The summed E-state index contributed by atoms with van der Waals surface area (Å²) in [5.41, 5.74) is 1.22. The predicted molar refractivity (Wildman–Crippen MR) is 84.8 cm³/mol. The zero-order chi connectivity index (χ0) is 13.5. The molecule has 1 rings (SSSR count). The normalized spacial score (nSPS) is 12.3. The smallest absolute Gasteiger partial charge is 0.166 e. The molecule has 100 valence electrons. The van der Waals surface area contributed by atoms with Crippen molar-refractivity contribution in [2.75, 3.05) is 27.2 Å². The van der Waals surface area contributed by atoms with Gasteiger partial charge in [0.15, 0.2) is 5.11 Å². The van der Waals surface area contributed by atoms with Gasteiger partial charge >= 0.3 is 0 Å². The van der Waals surface area contributed by atoms with Gasteiger partial charge in [0.05, 0.1) is 6.04 Å². The van der Waals surface area contributed by atoms with Crippen LogP contribution in [-0.4, -0.2) is 37.2 Å². The lowest BCUT2D eigenvalue weighted by Crippen LogP contribution is -2.39. The van der Waals surface area contributed by atoms with Crippen molar-refractivity contribution in [2.45, 2.75) is 13.0 Å². The minimum absolute atomic E-state index is 0.206. The fourth-order valence-corrected chi connectivity index (χ4v) is 2.02. The van der Waals surface area contributed by atoms with Crippen molar-refractivity contribution in [3.05, 3.63) is 34.3 Å². The van der Waals surface area contributed by atoms with E-state index in [-0.39, 0.29) is 6.04 Å². The predicted octanol–water partition coefficient (Wildman–Crippen LogP) is 2.54. The molecule has 0 unspecified atom stereocenters. The van der Waals surface area contributed by atoms with E-state index in [1.165, 1.54) is 5.56 Å². The average molecular weight is 330 g/mol. The maximum atomic E-state index is 5.26. The first-order chi connectivity index (χ1) is 8.49. The highest BCUT2D eigenvalue weighted by Gasteiger charge is 2.06. The Bertz CT molecular complexity index is 378. The number of benzene rings is 1. The minimum Gasteiger partial charge on any atom is -0.361 e. The molecule has 0 amide bonds. The molecular formula is C13H20BrN3S. The fourth-order valence-electron chi connectivity index (χ4n) is 1.48. The van der Waals surface area contributed by atoms with Gasteiger partial charge in [-0.05, 0) is 50.9 Å². The van der Waals surface area contributed by atoms with E-state index in [0.717, 1.165) is 17.6 Å². The number of thiocarbonyl (C=S) groups is 1. The van der Waals surface area contributed by atoms with Crippen LogP contribution in [0.2, 0.25) is 0 Å². The van der Waals surface area contributed by atoms with Crippen molar-refractivity contribution in [2.24, 2.45) is 0 Å². The van der Waals surface area contributed by atoms with Gasteiger partial charge in [-0.3, -0.25) is 0 Å². The molecule has 0 spiro atoms. The van der Waals surface area contributed by atoms with Crippen LogP contribution < -0.4 is 10.6 Å². The lowest BCUT2D eigenvalue weighted by atomic mass is 10.1. The summed E-state index contributed by atoms with van der Waals surface area (Å²) in [5.74, 6) is 0. The first-order valence-electron chi connectivity index (χ1n) is 5.93. The molecule has 0 aliphatic carbocycles. The average Bonchev–Trinajstić information content (AvgIpc) is 2.29. The molecule has 0 radical (unpaired) electrons. The van der Waals surface area contributed by atoms with Gasteiger partial charge < -0.3 is 15.5 Å². The Morgan fingerprint density at radius 3 is 2.50 bits per heavy atom. The number of likely N-dealkylation sites (N-methyl/N-ethyl adjacent to an activating group) is 1. The summed E-state index contributed by atoms with van der Waals surface area (Å²) in [6.45, 7) is 3.92. The van der Waals surface area contributed by atoms with Crippen LogP contribution in [0.5, 0.6) is 0 Å². The second-order valence-electron chi connectivity index (χ2n) is 4.48. The van der Waals surface area contributed by atoms with Crippen LogP contribution in [0.15, 0.2) is 28.7 Å². The van der Waals surface area contributed by atoms with Gasteiger partial charge in [0, 0.05) is 17.6 Å².